The van der Waals surface area contributed by atoms with Crippen LogP contribution in [0.4, 0.5) is 5.69 Å². The summed E-state index contributed by atoms with van der Waals surface area (Å²) in [6.45, 7) is 1.28. The van der Waals surface area contributed by atoms with Crippen molar-refractivity contribution in [3.8, 4) is 23.0 Å². The molecule has 0 atom stereocenters. The second-order valence-electron chi connectivity index (χ2n) is 6.82. The summed E-state index contributed by atoms with van der Waals surface area (Å²) in [4.78, 5) is 1.06. The van der Waals surface area contributed by atoms with Crippen molar-refractivity contribution < 1.29 is 18.9 Å². The van der Waals surface area contributed by atoms with Crippen LogP contribution in [0.5, 0.6) is 23.0 Å². The van der Waals surface area contributed by atoms with Gasteiger partial charge in [0.05, 0.1) is 28.4 Å². The van der Waals surface area contributed by atoms with Crippen molar-refractivity contribution in [2.75, 3.05) is 34.2 Å². The summed E-state index contributed by atoms with van der Waals surface area (Å²) in [5.41, 5.74) is 8.82. The van der Waals surface area contributed by atoms with Gasteiger partial charge >= 0.3 is 0 Å². The quantitative estimate of drug-likeness (QED) is 0.351. The van der Waals surface area contributed by atoms with Gasteiger partial charge in [-0.2, -0.15) is 0 Å². The van der Waals surface area contributed by atoms with E-state index in [0.29, 0.717) is 13.1 Å². The molecule has 0 unspecified atom stereocenters. The number of ether oxygens (including phenoxy) is 4. The lowest BCUT2D eigenvalue weighted by Gasteiger charge is -2.24. The Labute approximate surface area is 188 Å². The minimum Gasteiger partial charge on any atom is -0.497 e. The van der Waals surface area contributed by atoms with Crippen molar-refractivity contribution in [1.82, 2.24) is 4.31 Å². The number of hydrogen-bond acceptors (Lipinski definition) is 7. The molecule has 0 aliphatic carbocycles. The zero-order chi connectivity index (χ0) is 22.2. The molecule has 3 rings (SSSR count). The van der Waals surface area contributed by atoms with Crippen LogP contribution in [0.25, 0.3) is 0 Å². The SMILES string of the molecule is COc1ccc(CN(Cc2ccc(OC)cc2OC)Sc2cccc(N)c2)c(OC)c1. The first kappa shape index (κ1) is 22.7. The van der Waals surface area contributed by atoms with Crippen LogP contribution in [0, 0.1) is 0 Å². The van der Waals surface area contributed by atoms with Crippen molar-refractivity contribution in [3.05, 3.63) is 71.8 Å². The molecule has 2 N–H and O–H groups in total. The number of methoxy groups -OCH3 is 4. The molecule has 6 nitrogen and oxygen atoms in total. The Morgan fingerprint density at radius 1 is 0.710 bits per heavy atom. The predicted molar refractivity (Wildman–Crippen MR) is 125 cm³/mol. The third kappa shape index (κ3) is 5.99. The molecule has 0 aliphatic heterocycles. The third-order valence-corrected chi connectivity index (χ3v) is 5.76. The third-order valence-electron chi connectivity index (χ3n) is 4.77. The number of nitrogen functional groups attached to an aromatic ring is 1. The molecule has 164 valence electrons. The van der Waals surface area contributed by atoms with E-state index in [1.165, 1.54) is 0 Å². The minimum absolute atomic E-state index is 0.641. The largest absolute Gasteiger partial charge is 0.497 e. The Balaban J connectivity index is 1.92. The molecule has 0 radical (unpaired) electrons. The van der Waals surface area contributed by atoms with E-state index in [9.17, 15) is 0 Å². The van der Waals surface area contributed by atoms with Gasteiger partial charge in [0.25, 0.3) is 0 Å². The van der Waals surface area contributed by atoms with Crippen molar-refractivity contribution in [2.45, 2.75) is 18.0 Å². The molecular weight excluding hydrogens is 412 g/mol. The summed E-state index contributed by atoms with van der Waals surface area (Å²) in [6.07, 6.45) is 0. The average Bonchev–Trinajstić information content (AvgIpc) is 2.79. The highest BCUT2D eigenvalue weighted by atomic mass is 32.2. The second kappa shape index (κ2) is 10.8. The topological polar surface area (TPSA) is 66.2 Å². The molecule has 0 amide bonds. The maximum absolute atomic E-state index is 6.00. The van der Waals surface area contributed by atoms with Gasteiger partial charge in [-0.3, -0.25) is 0 Å². The van der Waals surface area contributed by atoms with Crippen LogP contribution in [0.15, 0.2) is 65.6 Å². The molecule has 7 heteroatoms. The first-order chi connectivity index (χ1) is 15.1. The number of nitrogens with two attached hydrogens (primary N) is 1. The Morgan fingerprint density at radius 2 is 1.26 bits per heavy atom. The van der Waals surface area contributed by atoms with E-state index < -0.39 is 0 Å². The van der Waals surface area contributed by atoms with Crippen molar-refractivity contribution in [1.29, 1.82) is 0 Å². The van der Waals surface area contributed by atoms with Crippen LogP contribution in [-0.2, 0) is 13.1 Å². The molecule has 0 aromatic heterocycles. The van der Waals surface area contributed by atoms with Gasteiger partial charge in [0, 0.05) is 46.9 Å². The molecule has 3 aromatic carbocycles. The Bertz CT molecular complexity index is 955. The van der Waals surface area contributed by atoms with Crippen LogP contribution >= 0.6 is 11.9 Å². The average molecular weight is 441 g/mol. The summed E-state index contributed by atoms with van der Waals surface area (Å²) < 4.78 is 24.1. The molecule has 3 aromatic rings. The van der Waals surface area contributed by atoms with Crippen LogP contribution in [0.1, 0.15) is 11.1 Å². The fraction of sp³-hybridized carbons (Fsp3) is 0.250. The van der Waals surface area contributed by atoms with Crippen LogP contribution in [0.3, 0.4) is 0 Å². The maximum atomic E-state index is 6.00. The summed E-state index contributed by atoms with van der Waals surface area (Å²) in [5, 5.41) is 0. The molecular formula is C24H28N2O4S. The van der Waals surface area contributed by atoms with E-state index in [4.69, 9.17) is 24.7 Å². The van der Waals surface area contributed by atoms with Crippen molar-refractivity contribution in [3.63, 3.8) is 0 Å². The lowest BCUT2D eigenvalue weighted by molar-refractivity contribution is 0.372. The van der Waals surface area contributed by atoms with Gasteiger partial charge in [-0.1, -0.05) is 18.2 Å². The van der Waals surface area contributed by atoms with E-state index in [2.05, 4.69) is 4.31 Å². The Morgan fingerprint density at radius 3 is 1.71 bits per heavy atom. The van der Waals surface area contributed by atoms with Crippen LogP contribution in [-0.4, -0.2) is 32.7 Å². The Kier molecular flexibility index (Phi) is 7.92. The van der Waals surface area contributed by atoms with E-state index in [1.54, 1.807) is 40.4 Å². The summed E-state index contributed by atoms with van der Waals surface area (Å²) in [6, 6.07) is 19.6. The maximum Gasteiger partial charge on any atom is 0.127 e. The van der Waals surface area contributed by atoms with Gasteiger partial charge < -0.3 is 24.7 Å². The van der Waals surface area contributed by atoms with E-state index in [-0.39, 0.29) is 0 Å². The molecule has 0 saturated heterocycles. The molecule has 0 saturated carbocycles. The highest BCUT2D eigenvalue weighted by Gasteiger charge is 2.16. The summed E-state index contributed by atoms with van der Waals surface area (Å²) in [7, 11) is 6.62. The highest BCUT2D eigenvalue weighted by molar-refractivity contribution is 7.97. The molecule has 0 aliphatic rings. The molecule has 0 heterocycles. The van der Waals surface area contributed by atoms with E-state index in [1.807, 2.05) is 60.7 Å². The van der Waals surface area contributed by atoms with Crippen molar-refractivity contribution in [2.24, 2.45) is 0 Å². The van der Waals surface area contributed by atoms with Gasteiger partial charge in [0.15, 0.2) is 0 Å². The van der Waals surface area contributed by atoms with Gasteiger partial charge in [0.2, 0.25) is 0 Å². The Hall–Kier alpha value is -3.03. The lowest BCUT2D eigenvalue weighted by Crippen LogP contribution is -2.16. The predicted octanol–water partition coefficient (Wildman–Crippen LogP) is 5.01. The minimum atomic E-state index is 0.641. The van der Waals surface area contributed by atoms with Gasteiger partial charge in [0.1, 0.15) is 23.0 Å². The summed E-state index contributed by atoms with van der Waals surface area (Å²) in [5.74, 6) is 3.07. The first-order valence-electron chi connectivity index (χ1n) is 9.76. The molecule has 0 fully saturated rings. The smallest absolute Gasteiger partial charge is 0.127 e. The zero-order valence-corrected chi connectivity index (χ0v) is 19.1. The van der Waals surface area contributed by atoms with Gasteiger partial charge in [-0.05, 0) is 42.3 Å². The highest BCUT2D eigenvalue weighted by Crippen LogP contribution is 2.34. The second-order valence-corrected chi connectivity index (χ2v) is 7.99. The van der Waals surface area contributed by atoms with E-state index >= 15 is 0 Å². The normalized spacial score (nSPS) is 10.7. The van der Waals surface area contributed by atoms with Gasteiger partial charge in [-0.25, -0.2) is 4.31 Å². The number of nitrogens with zero attached hydrogens (tertiary/aromatic N) is 1. The molecule has 0 bridgehead atoms. The number of benzene rings is 3. The van der Waals surface area contributed by atoms with E-state index in [0.717, 1.165) is 44.7 Å². The van der Waals surface area contributed by atoms with Crippen LogP contribution < -0.4 is 24.7 Å². The molecule has 31 heavy (non-hydrogen) atoms. The summed E-state index contributed by atoms with van der Waals surface area (Å²) >= 11 is 1.63. The lowest BCUT2D eigenvalue weighted by atomic mass is 10.1. The van der Waals surface area contributed by atoms with Crippen molar-refractivity contribution >= 4 is 17.6 Å². The fourth-order valence-electron chi connectivity index (χ4n) is 3.19. The zero-order valence-electron chi connectivity index (χ0n) is 18.3. The fourth-order valence-corrected chi connectivity index (χ4v) is 4.22. The van der Waals surface area contributed by atoms with Crippen LogP contribution in [0.2, 0.25) is 0 Å². The standard InChI is InChI=1S/C24H28N2O4S/c1-27-20-10-8-17(23(13-20)29-3)15-26(31-22-7-5-6-19(25)12-22)16-18-9-11-21(28-2)14-24(18)30-4/h5-14H,15-16,25H2,1-4H3. The molecule has 0 spiro atoms. The monoisotopic (exact) mass is 440 g/mol. The van der Waals surface area contributed by atoms with Gasteiger partial charge in [-0.15, -0.1) is 0 Å². The number of anilines is 1. The number of rotatable bonds is 10. The number of hydrogen-bond donors (Lipinski definition) is 1. The first-order valence-corrected chi connectivity index (χ1v) is 10.5.